The molecule has 0 unspecified atom stereocenters. The summed E-state index contributed by atoms with van der Waals surface area (Å²) in [5.41, 5.74) is 2.67. The van der Waals surface area contributed by atoms with E-state index in [0.717, 1.165) is 6.42 Å². The SMILES string of the molecule is COc1cccc([C@H](C(=O)NCCC(C)C)N(Cc2ccc(F)cc2)C(=O)Cn2nnc3ccccc32)c1. The Balaban J connectivity index is 1.73. The third-order valence-electron chi connectivity index (χ3n) is 6.28. The lowest BCUT2D eigenvalue weighted by Gasteiger charge is -2.32. The van der Waals surface area contributed by atoms with E-state index in [-0.39, 0.29) is 30.7 Å². The molecule has 0 aliphatic carbocycles. The number of para-hydroxylation sites is 1. The summed E-state index contributed by atoms with van der Waals surface area (Å²) in [4.78, 5) is 29.1. The first-order valence-electron chi connectivity index (χ1n) is 12.6. The van der Waals surface area contributed by atoms with Gasteiger partial charge in [0.1, 0.15) is 29.7 Å². The lowest BCUT2D eigenvalue weighted by molar-refractivity contribution is -0.142. The number of amides is 2. The fourth-order valence-corrected chi connectivity index (χ4v) is 4.23. The predicted octanol–water partition coefficient (Wildman–Crippen LogP) is 4.51. The van der Waals surface area contributed by atoms with Crippen molar-refractivity contribution in [2.24, 2.45) is 5.92 Å². The molecule has 8 nitrogen and oxygen atoms in total. The molecule has 9 heteroatoms. The maximum absolute atomic E-state index is 13.9. The topological polar surface area (TPSA) is 89.4 Å². The van der Waals surface area contributed by atoms with Gasteiger partial charge >= 0.3 is 0 Å². The Kier molecular flexibility index (Phi) is 8.68. The summed E-state index contributed by atoms with van der Waals surface area (Å²) < 4.78 is 20.6. The number of benzene rings is 3. The fraction of sp³-hybridized carbons (Fsp3) is 0.310. The Labute approximate surface area is 221 Å². The maximum Gasteiger partial charge on any atom is 0.247 e. The van der Waals surface area contributed by atoms with Crippen molar-refractivity contribution in [1.29, 1.82) is 0 Å². The summed E-state index contributed by atoms with van der Waals surface area (Å²) >= 11 is 0. The third kappa shape index (κ3) is 6.53. The van der Waals surface area contributed by atoms with Crippen LogP contribution >= 0.6 is 0 Å². The number of nitrogens with one attached hydrogen (secondary N) is 1. The standard InChI is InChI=1S/C29H32FN5O3/c1-20(2)15-16-31-29(37)28(22-7-6-8-24(17-22)38-3)34(18-21-11-13-23(30)14-12-21)27(36)19-35-26-10-5-4-9-25(26)32-33-35/h4-14,17,20,28H,15-16,18-19H2,1-3H3,(H,31,37)/t28-/m1/s1. The highest BCUT2D eigenvalue weighted by Gasteiger charge is 2.32. The van der Waals surface area contributed by atoms with Crippen LogP contribution in [0.25, 0.3) is 11.0 Å². The van der Waals surface area contributed by atoms with Crippen molar-refractivity contribution < 1.29 is 18.7 Å². The average Bonchev–Trinajstić information content (AvgIpc) is 3.32. The molecule has 0 aliphatic heterocycles. The van der Waals surface area contributed by atoms with Gasteiger partial charge in [-0.05, 0) is 59.9 Å². The Morgan fingerprint density at radius 1 is 1.05 bits per heavy atom. The number of aromatic nitrogens is 3. The van der Waals surface area contributed by atoms with Crippen molar-refractivity contribution in [2.75, 3.05) is 13.7 Å². The largest absolute Gasteiger partial charge is 0.497 e. The van der Waals surface area contributed by atoms with Crippen LogP contribution in [-0.4, -0.2) is 45.4 Å². The Bertz CT molecular complexity index is 1390. The highest BCUT2D eigenvalue weighted by molar-refractivity contribution is 5.89. The number of hydrogen-bond donors (Lipinski definition) is 1. The van der Waals surface area contributed by atoms with Crippen LogP contribution in [0, 0.1) is 11.7 Å². The summed E-state index contributed by atoms with van der Waals surface area (Å²) in [6.45, 7) is 4.60. The molecule has 4 aromatic rings. The van der Waals surface area contributed by atoms with Gasteiger partial charge < -0.3 is 15.0 Å². The molecule has 4 rings (SSSR count). The summed E-state index contributed by atoms with van der Waals surface area (Å²) in [6.07, 6.45) is 0.799. The molecule has 0 aliphatic rings. The molecule has 0 bridgehead atoms. The highest BCUT2D eigenvalue weighted by Crippen LogP contribution is 2.27. The zero-order valence-corrected chi connectivity index (χ0v) is 21.8. The van der Waals surface area contributed by atoms with E-state index in [1.807, 2.05) is 24.3 Å². The van der Waals surface area contributed by atoms with Gasteiger partial charge in [0.2, 0.25) is 11.8 Å². The Hall–Kier alpha value is -4.27. The number of rotatable bonds is 11. The van der Waals surface area contributed by atoms with E-state index in [1.165, 1.54) is 21.7 Å². The van der Waals surface area contributed by atoms with Gasteiger partial charge in [-0.3, -0.25) is 9.59 Å². The van der Waals surface area contributed by atoms with Gasteiger partial charge in [-0.25, -0.2) is 9.07 Å². The van der Waals surface area contributed by atoms with Crippen LogP contribution in [0.4, 0.5) is 4.39 Å². The number of carbonyl (C=O) groups is 2. The van der Waals surface area contributed by atoms with Crippen molar-refractivity contribution in [1.82, 2.24) is 25.2 Å². The summed E-state index contributed by atoms with van der Waals surface area (Å²) in [5.74, 6) is -0.0480. The lowest BCUT2D eigenvalue weighted by atomic mass is 10.0. The predicted molar refractivity (Wildman–Crippen MR) is 143 cm³/mol. The Morgan fingerprint density at radius 3 is 2.55 bits per heavy atom. The second kappa shape index (κ2) is 12.3. The first-order chi connectivity index (χ1) is 18.4. The van der Waals surface area contributed by atoms with Gasteiger partial charge in [-0.2, -0.15) is 0 Å². The maximum atomic E-state index is 13.9. The monoisotopic (exact) mass is 517 g/mol. The molecule has 1 aromatic heterocycles. The third-order valence-corrected chi connectivity index (χ3v) is 6.28. The van der Waals surface area contributed by atoms with Crippen LogP contribution in [0.1, 0.15) is 37.4 Å². The molecule has 0 fully saturated rings. The van der Waals surface area contributed by atoms with E-state index >= 15 is 0 Å². The van der Waals surface area contributed by atoms with Crippen LogP contribution in [0.5, 0.6) is 5.75 Å². The lowest BCUT2D eigenvalue weighted by Crippen LogP contribution is -2.45. The first kappa shape index (κ1) is 26.8. The molecule has 1 N–H and O–H groups in total. The summed E-state index contributed by atoms with van der Waals surface area (Å²) in [6, 6.07) is 19.4. The van der Waals surface area contributed by atoms with E-state index in [2.05, 4.69) is 29.5 Å². The molecule has 0 spiro atoms. The van der Waals surface area contributed by atoms with E-state index in [4.69, 9.17) is 4.74 Å². The zero-order valence-electron chi connectivity index (χ0n) is 21.8. The highest BCUT2D eigenvalue weighted by atomic mass is 19.1. The quantitative estimate of drug-likeness (QED) is 0.316. The van der Waals surface area contributed by atoms with E-state index in [9.17, 15) is 14.0 Å². The van der Waals surface area contributed by atoms with E-state index in [1.54, 1.807) is 43.5 Å². The first-order valence-corrected chi connectivity index (χ1v) is 12.6. The van der Waals surface area contributed by atoms with Gasteiger partial charge in [0.15, 0.2) is 0 Å². The van der Waals surface area contributed by atoms with Crippen molar-refractivity contribution in [2.45, 2.75) is 39.4 Å². The minimum Gasteiger partial charge on any atom is -0.497 e. The van der Waals surface area contributed by atoms with E-state index < -0.39 is 6.04 Å². The average molecular weight is 518 g/mol. The molecule has 198 valence electrons. The molecular formula is C29H32FN5O3. The molecule has 1 atom stereocenters. The molecule has 0 saturated heterocycles. The smallest absolute Gasteiger partial charge is 0.247 e. The van der Waals surface area contributed by atoms with Gasteiger partial charge in [0.05, 0.1) is 12.6 Å². The fourth-order valence-electron chi connectivity index (χ4n) is 4.23. The van der Waals surface area contributed by atoms with Crippen LogP contribution in [0.2, 0.25) is 0 Å². The van der Waals surface area contributed by atoms with Crippen LogP contribution in [0.15, 0.2) is 72.8 Å². The molecule has 38 heavy (non-hydrogen) atoms. The number of halogens is 1. The van der Waals surface area contributed by atoms with Crippen LogP contribution < -0.4 is 10.1 Å². The second-order valence-electron chi connectivity index (χ2n) is 9.54. The van der Waals surface area contributed by atoms with Gasteiger partial charge in [-0.1, -0.05) is 55.5 Å². The van der Waals surface area contributed by atoms with E-state index in [0.29, 0.717) is 40.4 Å². The number of nitrogens with zero attached hydrogens (tertiary/aromatic N) is 4. The number of carbonyl (C=O) groups excluding carboxylic acids is 2. The van der Waals surface area contributed by atoms with Gasteiger partial charge in [0.25, 0.3) is 0 Å². The zero-order chi connectivity index (χ0) is 27.1. The summed E-state index contributed by atoms with van der Waals surface area (Å²) in [5, 5.41) is 11.3. The van der Waals surface area contributed by atoms with Crippen molar-refractivity contribution in [3.8, 4) is 5.75 Å². The summed E-state index contributed by atoms with van der Waals surface area (Å²) in [7, 11) is 1.55. The number of ether oxygens (including phenoxy) is 1. The second-order valence-corrected chi connectivity index (χ2v) is 9.54. The minimum atomic E-state index is -0.954. The van der Waals surface area contributed by atoms with Gasteiger partial charge in [0, 0.05) is 13.1 Å². The molecule has 3 aromatic carbocycles. The molecular weight excluding hydrogens is 485 g/mol. The molecule has 1 heterocycles. The number of methoxy groups -OCH3 is 1. The van der Waals surface area contributed by atoms with Gasteiger partial charge in [-0.15, -0.1) is 5.10 Å². The number of fused-ring (bicyclic) bond motifs is 1. The van der Waals surface area contributed by atoms with Crippen molar-refractivity contribution in [3.63, 3.8) is 0 Å². The molecule has 0 radical (unpaired) electrons. The molecule has 0 saturated carbocycles. The Morgan fingerprint density at radius 2 is 1.82 bits per heavy atom. The molecule has 2 amide bonds. The van der Waals surface area contributed by atoms with Crippen molar-refractivity contribution in [3.05, 3.63) is 89.7 Å². The van der Waals surface area contributed by atoms with Crippen molar-refractivity contribution >= 4 is 22.8 Å². The normalized spacial score (nSPS) is 11.9. The number of hydrogen-bond acceptors (Lipinski definition) is 5. The van der Waals surface area contributed by atoms with Crippen LogP contribution in [-0.2, 0) is 22.7 Å². The van der Waals surface area contributed by atoms with Crippen LogP contribution in [0.3, 0.4) is 0 Å². The minimum absolute atomic E-state index is 0.0885.